The lowest BCUT2D eigenvalue weighted by atomic mass is 10.2. The van der Waals surface area contributed by atoms with Gasteiger partial charge in [-0.3, -0.25) is 0 Å². The summed E-state index contributed by atoms with van der Waals surface area (Å²) in [5.41, 5.74) is 1.15. The number of rotatable bonds is 7. The minimum absolute atomic E-state index is 0.317. The lowest BCUT2D eigenvalue weighted by Crippen LogP contribution is -2.27. The van der Waals surface area contributed by atoms with Gasteiger partial charge in [-0.05, 0) is 19.2 Å². The van der Waals surface area contributed by atoms with E-state index >= 15 is 0 Å². The van der Waals surface area contributed by atoms with E-state index < -0.39 is 0 Å². The number of terminal acetylenes is 1. The SMILES string of the molecule is C#CCOc1ccccc1CNC(C)CSC. The molecule has 2 nitrogen and oxygen atoms in total. The lowest BCUT2D eigenvalue weighted by Gasteiger charge is -2.14. The molecule has 3 heteroatoms. The van der Waals surface area contributed by atoms with E-state index in [1.165, 1.54) is 0 Å². The fourth-order valence-corrected chi connectivity index (χ4v) is 2.12. The summed E-state index contributed by atoms with van der Waals surface area (Å²) < 4.78 is 5.50. The monoisotopic (exact) mass is 249 g/mol. The summed E-state index contributed by atoms with van der Waals surface area (Å²) in [5, 5.41) is 3.46. The standard InChI is InChI=1S/C14H19NOS/c1-4-9-16-14-8-6-5-7-13(14)10-15-12(2)11-17-3/h1,5-8,12,15H,9-11H2,2-3H3. The van der Waals surface area contributed by atoms with Gasteiger partial charge >= 0.3 is 0 Å². The molecule has 0 aromatic heterocycles. The number of hydrogen-bond donors (Lipinski definition) is 1. The summed E-state index contributed by atoms with van der Waals surface area (Å²) in [7, 11) is 0. The molecule has 92 valence electrons. The van der Waals surface area contributed by atoms with Crippen LogP contribution < -0.4 is 10.1 Å². The molecule has 1 N–H and O–H groups in total. The van der Waals surface area contributed by atoms with Crippen molar-refractivity contribution in [3.05, 3.63) is 29.8 Å². The quantitative estimate of drug-likeness (QED) is 0.750. The fraction of sp³-hybridized carbons (Fsp3) is 0.429. The fourth-order valence-electron chi connectivity index (χ4n) is 1.50. The number of ether oxygens (including phenoxy) is 1. The maximum atomic E-state index is 5.50. The second kappa shape index (κ2) is 8.05. The molecule has 0 saturated heterocycles. The third-order valence-electron chi connectivity index (χ3n) is 2.34. The van der Waals surface area contributed by atoms with Crippen LogP contribution in [0.3, 0.4) is 0 Å². The first kappa shape index (κ1) is 14.0. The molecule has 0 bridgehead atoms. The van der Waals surface area contributed by atoms with E-state index in [2.05, 4.69) is 30.5 Å². The van der Waals surface area contributed by atoms with Crippen LogP contribution in [0.5, 0.6) is 5.75 Å². The predicted molar refractivity (Wildman–Crippen MR) is 75.5 cm³/mol. The van der Waals surface area contributed by atoms with Gasteiger partial charge in [0, 0.05) is 23.9 Å². The van der Waals surface area contributed by atoms with Crippen molar-refractivity contribution in [3.63, 3.8) is 0 Å². The van der Waals surface area contributed by atoms with Gasteiger partial charge in [0.05, 0.1) is 0 Å². The van der Waals surface area contributed by atoms with E-state index in [1.807, 2.05) is 30.0 Å². The minimum Gasteiger partial charge on any atom is -0.481 e. The van der Waals surface area contributed by atoms with E-state index in [1.54, 1.807) is 0 Å². The Morgan fingerprint density at radius 1 is 1.47 bits per heavy atom. The van der Waals surface area contributed by atoms with Gasteiger partial charge in [0.15, 0.2) is 0 Å². The molecule has 1 rings (SSSR count). The van der Waals surface area contributed by atoms with Gasteiger partial charge in [-0.1, -0.05) is 24.1 Å². The van der Waals surface area contributed by atoms with Crippen molar-refractivity contribution in [2.45, 2.75) is 19.5 Å². The van der Waals surface area contributed by atoms with Gasteiger partial charge in [0.2, 0.25) is 0 Å². The van der Waals surface area contributed by atoms with E-state index in [9.17, 15) is 0 Å². The number of hydrogen-bond acceptors (Lipinski definition) is 3. The summed E-state index contributed by atoms with van der Waals surface area (Å²) in [6.07, 6.45) is 7.31. The van der Waals surface area contributed by atoms with Gasteiger partial charge < -0.3 is 10.1 Å². The highest BCUT2D eigenvalue weighted by Crippen LogP contribution is 2.17. The number of benzene rings is 1. The molecule has 0 aliphatic carbocycles. The smallest absolute Gasteiger partial charge is 0.148 e. The normalized spacial score (nSPS) is 11.8. The van der Waals surface area contributed by atoms with Gasteiger partial charge in [0.1, 0.15) is 12.4 Å². The minimum atomic E-state index is 0.317. The van der Waals surface area contributed by atoms with Crippen LogP contribution in [0.4, 0.5) is 0 Å². The summed E-state index contributed by atoms with van der Waals surface area (Å²) in [4.78, 5) is 0. The number of para-hydroxylation sites is 1. The highest BCUT2D eigenvalue weighted by atomic mass is 32.2. The van der Waals surface area contributed by atoms with Crippen molar-refractivity contribution >= 4 is 11.8 Å². The first-order valence-electron chi connectivity index (χ1n) is 5.64. The number of thioether (sulfide) groups is 1. The van der Waals surface area contributed by atoms with Crippen LogP contribution >= 0.6 is 11.8 Å². The van der Waals surface area contributed by atoms with E-state index in [0.29, 0.717) is 12.6 Å². The molecule has 0 fully saturated rings. The van der Waals surface area contributed by atoms with Crippen LogP contribution in [0.2, 0.25) is 0 Å². The van der Waals surface area contributed by atoms with Crippen molar-refractivity contribution < 1.29 is 4.74 Å². The molecular weight excluding hydrogens is 230 g/mol. The number of nitrogens with one attached hydrogen (secondary N) is 1. The van der Waals surface area contributed by atoms with Gasteiger partial charge in [-0.2, -0.15) is 11.8 Å². The molecule has 0 spiro atoms. The second-order valence-corrected chi connectivity index (χ2v) is 4.75. The van der Waals surface area contributed by atoms with Crippen molar-refractivity contribution in [1.29, 1.82) is 0 Å². The van der Waals surface area contributed by atoms with Crippen LogP contribution in [0.1, 0.15) is 12.5 Å². The zero-order valence-electron chi connectivity index (χ0n) is 10.4. The van der Waals surface area contributed by atoms with Gasteiger partial charge in [-0.25, -0.2) is 0 Å². The maximum absolute atomic E-state index is 5.50. The third kappa shape index (κ3) is 5.16. The van der Waals surface area contributed by atoms with Crippen LogP contribution in [0, 0.1) is 12.3 Å². The van der Waals surface area contributed by atoms with Crippen LogP contribution in [-0.4, -0.2) is 24.7 Å². The Kier molecular flexibility index (Phi) is 6.61. The van der Waals surface area contributed by atoms with E-state index in [-0.39, 0.29) is 0 Å². The van der Waals surface area contributed by atoms with Crippen molar-refractivity contribution in [3.8, 4) is 18.1 Å². The zero-order valence-corrected chi connectivity index (χ0v) is 11.2. The lowest BCUT2D eigenvalue weighted by molar-refractivity contribution is 0.364. The Morgan fingerprint density at radius 3 is 2.94 bits per heavy atom. The molecular formula is C14H19NOS. The molecule has 0 heterocycles. The molecule has 0 radical (unpaired) electrons. The first-order chi connectivity index (χ1) is 8.27. The Morgan fingerprint density at radius 2 is 2.24 bits per heavy atom. The predicted octanol–water partition coefficient (Wildman–Crippen LogP) is 2.54. The zero-order chi connectivity index (χ0) is 12.5. The average Bonchev–Trinajstić information content (AvgIpc) is 2.35. The molecule has 1 atom stereocenters. The van der Waals surface area contributed by atoms with Gasteiger partial charge in [-0.15, -0.1) is 6.42 Å². The van der Waals surface area contributed by atoms with E-state index in [4.69, 9.17) is 11.2 Å². The molecule has 0 aliphatic heterocycles. The van der Waals surface area contributed by atoms with Crippen LogP contribution in [0.15, 0.2) is 24.3 Å². The summed E-state index contributed by atoms with van der Waals surface area (Å²) in [6, 6.07) is 8.48. The summed E-state index contributed by atoms with van der Waals surface area (Å²) in [5.74, 6) is 4.46. The average molecular weight is 249 g/mol. The molecule has 0 aliphatic rings. The third-order valence-corrected chi connectivity index (χ3v) is 3.17. The highest BCUT2D eigenvalue weighted by molar-refractivity contribution is 7.98. The molecule has 0 saturated carbocycles. The van der Waals surface area contributed by atoms with Crippen molar-refractivity contribution in [2.24, 2.45) is 0 Å². The van der Waals surface area contributed by atoms with E-state index in [0.717, 1.165) is 23.6 Å². The second-order valence-electron chi connectivity index (χ2n) is 3.84. The van der Waals surface area contributed by atoms with Crippen LogP contribution in [-0.2, 0) is 6.54 Å². The molecule has 1 aromatic rings. The Bertz CT molecular complexity index is 373. The molecule has 0 amide bonds. The molecule has 1 aromatic carbocycles. The first-order valence-corrected chi connectivity index (χ1v) is 7.03. The van der Waals surface area contributed by atoms with Crippen molar-refractivity contribution in [1.82, 2.24) is 5.32 Å². The molecule has 1 unspecified atom stereocenters. The Balaban J connectivity index is 2.54. The molecule has 17 heavy (non-hydrogen) atoms. The Labute approximate surface area is 108 Å². The summed E-state index contributed by atoms with van der Waals surface area (Å²) in [6.45, 7) is 3.31. The van der Waals surface area contributed by atoms with Crippen molar-refractivity contribution in [2.75, 3.05) is 18.6 Å². The summed E-state index contributed by atoms with van der Waals surface area (Å²) >= 11 is 1.84. The Hall–Kier alpha value is -1.11. The van der Waals surface area contributed by atoms with Gasteiger partial charge in [0.25, 0.3) is 0 Å². The topological polar surface area (TPSA) is 21.3 Å². The highest BCUT2D eigenvalue weighted by Gasteiger charge is 2.04. The largest absolute Gasteiger partial charge is 0.481 e. The van der Waals surface area contributed by atoms with Crippen LogP contribution in [0.25, 0.3) is 0 Å². The maximum Gasteiger partial charge on any atom is 0.148 e.